The minimum Gasteiger partial charge on any atom is -0.435 e. The summed E-state index contributed by atoms with van der Waals surface area (Å²) in [6, 6.07) is 9.41. The van der Waals surface area contributed by atoms with Gasteiger partial charge < -0.3 is 10.1 Å². The average molecular weight is 382 g/mol. The summed E-state index contributed by atoms with van der Waals surface area (Å²) < 4.78 is 30.4. The number of carbonyl (C=O) groups excluding carboxylic acids is 1. The zero-order chi connectivity index (χ0) is 17.8. The second-order valence-corrected chi connectivity index (χ2v) is 6.20. The van der Waals surface area contributed by atoms with Crippen LogP contribution in [0.25, 0.3) is 10.7 Å². The Morgan fingerprint density at radius 1 is 1.36 bits per heavy atom. The van der Waals surface area contributed by atoms with Crippen molar-refractivity contribution in [3.05, 3.63) is 46.5 Å². The van der Waals surface area contributed by atoms with Crippen LogP contribution in [0.1, 0.15) is 0 Å². The summed E-state index contributed by atoms with van der Waals surface area (Å²) in [6.45, 7) is -2.92. The molecule has 1 amide bonds. The molecule has 0 atom stereocenters. The van der Waals surface area contributed by atoms with Crippen LogP contribution in [0.4, 0.5) is 14.5 Å². The fraction of sp³-hybridized carbons (Fsp3) is 0.133. The van der Waals surface area contributed by atoms with Crippen LogP contribution < -0.4 is 10.1 Å². The summed E-state index contributed by atoms with van der Waals surface area (Å²) in [6.07, 6.45) is 0. The number of halogens is 2. The number of nitrogens with zero attached hydrogens (tertiary/aromatic N) is 2. The predicted octanol–water partition coefficient (Wildman–Crippen LogP) is 3.91. The first-order chi connectivity index (χ1) is 12.0. The summed E-state index contributed by atoms with van der Waals surface area (Å²) in [7, 11) is 0. The Bertz CT molecular complexity index is 905. The number of aromatic nitrogens is 3. The molecule has 0 unspecified atom stereocenters. The van der Waals surface area contributed by atoms with Crippen LogP contribution in [0.3, 0.4) is 0 Å². The van der Waals surface area contributed by atoms with Gasteiger partial charge in [0.05, 0.1) is 4.88 Å². The summed E-state index contributed by atoms with van der Waals surface area (Å²) >= 11 is 6.65. The highest BCUT2D eigenvalue weighted by molar-refractivity contribution is 7.71. The number of benzene rings is 1. The number of thiophene rings is 1. The molecule has 3 rings (SSSR count). The minimum atomic E-state index is -2.89. The number of aromatic amines is 1. The molecule has 0 saturated heterocycles. The Hall–Kier alpha value is -2.59. The van der Waals surface area contributed by atoms with E-state index in [1.165, 1.54) is 35.6 Å². The minimum absolute atomic E-state index is 0.0186. The summed E-state index contributed by atoms with van der Waals surface area (Å²) in [4.78, 5) is 13.1. The molecule has 3 aromatic rings. The number of rotatable bonds is 6. The van der Waals surface area contributed by atoms with Gasteiger partial charge in [-0.05, 0) is 47.9 Å². The lowest BCUT2D eigenvalue weighted by atomic mass is 10.3. The highest BCUT2D eigenvalue weighted by Crippen LogP contribution is 2.23. The van der Waals surface area contributed by atoms with Gasteiger partial charge in [0, 0.05) is 5.69 Å². The van der Waals surface area contributed by atoms with E-state index < -0.39 is 6.61 Å². The Morgan fingerprint density at radius 2 is 2.12 bits per heavy atom. The topological polar surface area (TPSA) is 71.9 Å². The number of hydrogen-bond acceptors (Lipinski definition) is 5. The lowest BCUT2D eigenvalue weighted by Crippen LogP contribution is -2.19. The number of carbonyl (C=O) groups is 1. The molecular weight excluding hydrogens is 370 g/mol. The third kappa shape index (κ3) is 4.28. The molecule has 1 aromatic carbocycles. The number of H-pyrrole nitrogens is 1. The fourth-order valence-corrected chi connectivity index (χ4v) is 3.04. The first-order valence-corrected chi connectivity index (χ1v) is 8.35. The number of nitrogens with one attached hydrogen (secondary N) is 2. The standard InChI is InChI=1S/C15H12F2N4O2S2/c16-14(17)23-10-5-3-9(4-6-10)18-12(22)8-21-13(19-20-15(21)24)11-2-1-7-25-11/h1-7,14H,8H2,(H,18,22)(H,20,24). The van der Waals surface area contributed by atoms with E-state index in [0.29, 0.717) is 16.3 Å². The molecule has 25 heavy (non-hydrogen) atoms. The molecule has 0 fully saturated rings. The molecule has 0 aliphatic carbocycles. The third-order valence-electron chi connectivity index (χ3n) is 3.16. The van der Waals surface area contributed by atoms with Crippen molar-refractivity contribution in [2.75, 3.05) is 5.32 Å². The van der Waals surface area contributed by atoms with Crippen LogP contribution in [-0.4, -0.2) is 27.3 Å². The van der Waals surface area contributed by atoms with Crippen LogP contribution in [-0.2, 0) is 11.3 Å². The number of anilines is 1. The lowest BCUT2D eigenvalue weighted by molar-refractivity contribution is -0.116. The highest BCUT2D eigenvalue weighted by atomic mass is 32.1. The van der Waals surface area contributed by atoms with Gasteiger partial charge >= 0.3 is 6.61 Å². The summed E-state index contributed by atoms with van der Waals surface area (Å²) in [5, 5.41) is 11.4. The normalized spacial score (nSPS) is 10.8. The van der Waals surface area contributed by atoms with E-state index in [4.69, 9.17) is 12.2 Å². The molecule has 130 valence electrons. The molecule has 0 saturated carbocycles. The van der Waals surface area contributed by atoms with Crippen molar-refractivity contribution in [3.8, 4) is 16.5 Å². The van der Waals surface area contributed by atoms with Gasteiger partial charge in [0.2, 0.25) is 5.91 Å². The molecule has 0 spiro atoms. The van der Waals surface area contributed by atoms with E-state index in [1.807, 2.05) is 17.5 Å². The van der Waals surface area contributed by atoms with E-state index >= 15 is 0 Å². The molecule has 0 bridgehead atoms. The quantitative estimate of drug-likeness (QED) is 0.634. The second kappa shape index (κ2) is 7.53. The van der Waals surface area contributed by atoms with Crippen LogP contribution in [0.15, 0.2) is 41.8 Å². The van der Waals surface area contributed by atoms with Gasteiger partial charge in [-0.3, -0.25) is 14.5 Å². The predicted molar refractivity (Wildman–Crippen MR) is 92.4 cm³/mol. The average Bonchev–Trinajstić information content (AvgIpc) is 3.20. The first-order valence-electron chi connectivity index (χ1n) is 7.07. The first kappa shape index (κ1) is 17.2. The Labute approximate surface area is 150 Å². The van der Waals surface area contributed by atoms with Crippen LogP contribution in [0.5, 0.6) is 5.75 Å². The zero-order valence-corrected chi connectivity index (χ0v) is 14.2. The third-order valence-corrected chi connectivity index (χ3v) is 4.34. The largest absolute Gasteiger partial charge is 0.435 e. The van der Waals surface area contributed by atoms with Crippen molar-refractivity contribution in [1.29, 1.82) is 0 Å². The van der Waals surface area contributed by atoms with Crippen molar-refractivity contribution >= 4 is 35.1 Å². The van der Waals surface area contributed by atoms with Crippen LogP contribution >= 0.6 is 23.6 Å². The molecule has 10 heteroatoms. The Morgan fingerprint density at radius 3 is 2.76 bits per heavy atom. The van der Waals surface area contributed by atoms with Crippen molar-refractivity contribution in [3.63, 3.8) is 0 Å². The van der Waals surface area contributed by atoms with Crippen molar-refractivity contribution in [2.45, 2.75) is 13.2 Å². The Balaban J connectivity index is 1.69. The molecule has 0 aliphatic rings. The van der Waals surface area contributed by atoms with E-state index in [9.17, 15) is 13.6 Å². The number of alkyl halides is 2. The van der Waals surface area contributed by atoms with Gasteiger partial charge in [-0.2, -0.15) is 13.9 Å². The maximum absolute atomic E-state index is 12.2. The van der Waals surface area contributed by atoms with Crippen molar-refractivity contribution in [1.82, 2.24) is 14.8 Å². The van der Waals surface area contributed by atoms with E-state index in [-0.39, 0.29) is 18.2 Å². The van der Waals surface area contributed by atoms with Crippen molar-refractivity contribution in [2.24, 2.45) is 0 Å². The van der Waals surface area contributed by atoms with Crippen LogP contribution in [0, 0.1) is 4.77 Å². The van der Waals surface area contributed by atoms with E-state index in [1.54, 1.807) is 4.57 Å². The summed E-state index contributed by atoms with van der Waals surface area (Å²) in [5.74, 6) is 0.277. The van der Waals surface area contributed by atoms with E-state index in [0.717, 1.165) is 4.88 Å². The monoisotopic (exact) mass is 382 g/mol. The zero-order valence-electron chi connectivity index (χ0n) is 12.6. The molecular formula is C15H12F2N4O2S2. The number of ether oxygens (including phenoxy) is 1. The number of hydrogen-bond donors (Lipinski definition) is 2. The highest BCUT2D eigenvalue weighted by Gasteiger charge is 2.13. The fourth-order valence-electron chi connectivity index (χ4n) is 2.12. The maximum Gasteiger partial charge on any atom is 0.387 e. The second-order valence-electron chi connectivity index (χ2n) is 4.87. The molecule has 6 nitrogen and oxygen atoms in total. The van der Waals surface area contributed by atoms with Gasteiger partial charge in [-0.1, -0.05) is 6.07 Å². The van der Waals surface area contributed by atoms with Gasteiger partial charge in [0.1, 0.15) is 12.3 Å². The van der Waals surface area contributed by atoms with Gasteiger partial charge in [0.15, 0.2) is 10.6 Å². The lowest BCUT2D eigenvalue weighted by Gasteiger charge is -2.09. The van der Waals surface area contributed by atoms with Crippen LogP contribution in [0.2, 0.25) is 0 Å². The molecule has 0 radical (unpaired) electrons. The Kier molecular flexibility index (Phi) is 5.19. The van der Waals surface area contributed by atoms with Gasteiger partial charge in [-0.25, -0.2) is 0 Å². The summed E-state index contributed by atoms with van der Waals surface area (Å²) in [5.41, 5.74) is 0.458. The number of amides is 1. The smallest absolute Gasteiger partial charge is 0.387 e. The molecule has 2 N–H and O–H groups in total. The van der Waals surface area contributed by atoms with E-state index in [2.05, 4.69) is 20.3 Å². The maximum atomic E-state index is 12.2. The molecule has 0 aliphatic heterocycles. The molecule has 2 aromatic heterocycles. The molecule has 2 heterocycles. The SMILES string of the molecule is O=C(Cn1c(-c2cccs2)n[nH]c1=S)Nc1ccc(OC(F)F)cc1. The van der Waals surface area contributed by atoms with Gasteiger partial charge in [-0.15, -0.1) is 11.3 Å². The van der Waals surface area contributed by atoms with Gasteiger partial charge in [0.25, 0.3) is 0 Å². The van der Waals surface area contributed by atoms with Crippen molar-refractivity contribution < 1.29 is 18.3 Å².